The van der Waals surface area contributed by atoms with E-state index >= 15 is 0 Å². The van der Waals surface area contributed by atoms with E-state index in [9.17, 15) is 0 Å². The quantitative estimate of drug-likeness (QED) is 0.904. The summed E-state index contributed by atoms with van der Waals surface area (Å²) in [6.45, 7) is -0.00780. The van der Waals surface area contributed by atoms with Crippen LogP contribution in [-0.4, -0.2) is 10.1 Å². The van der Waals surface area contributed by atoms with E-state index in [1.54, 1.807) is 12.3 Å². The van der Waals surface area contributed by atoms with Crippen LogP contribution in [0.3, 0.4) is 0 Å². The van der Waals surface area contributed by atoms with Crippen LogP contribution in [0.15, 0.2) is 45.5 Å². The highest BCUT2D eigenvalue weighted by molar-refractivity contribution is 9.11. The molecule has 0 saturated carbocycles. The van der Waals surface area contributed by atoms with Crippen LogP contribution in [0.5, 0.6) is 11.6 Å². The van der Waals surface area contributed by atoms with Gasteiger partial charge >= 0.3 is 0 Å². The van der Waals surface area contributed by atoms with E-state index in [1.807, 2.05) is 24.3 Å². The van der Waals surface area contributed by atoms with Crippen LogP contribution in [0.4, 0.5) is 0 Å². The zero-order valence-electron chi connectivity index (χ0n) is 8.73. The van der Waals surface area contributed by atoms with Crippen molar-refractivity contribution >= 4 is 31.9 Å². The third kappa shape index (κ3) is 3.28. The molecule has 0 unspecified atom stereocenters. The van der Waals surface area contributed by atoms with E-state index in [2.05, 4.69) is 36.8 Å². The van der Waals surface area contributed by atoms with Crippen molar-refractivity contribution in [2.24, 2.45) is 0 Å². The second-order valence-electron chi connectivity index (χ2n) is 3.35. The van der Waals surface area contributed by atoms with Gasteiger partial charge in [-0.1, -0.05) is 12.1 Å². The van der Waals surface area contributed by atoms with Crippen molar-refractivity contribution in [3.63, 3.8) is 0 Å². The standard InChI is InChI=1S/C12H9Br2NO2/c13-9-5-11(14)12(15-6-9)17-10-3-1-2-8(4-10)7-16/h1-6,16H,7H2. The van der Waals surface area contributed by atoms with Crippen LogP contribution in [0, 0.1) is 0 Å². The van der Waals surface area contributed by atoms with Crippen molar-refractivity contribution in [2.45, 2.75) is 6.61 Å². The summed E-state index contributed by atoms with van der Waals surface area (Å²) >= 11 is 6.70. The number of aromatic nitrogens is 1. The van der Waals surface area contributed by atoms with E-state index in [0.717, 1.165) is 14.5 Å². The van der Waals surface area contributed by atoms with E-state index < -0.39 is 0 Å². The fourth-order valence-corrected chi connectivity index (χ4v) is 2.36. The number of hydrogen-bond donors (Lipinski definition) is 1. The Hall–Kier alpha value is -0.910. The number of hydrogen-bond acceptors (Lipinski definition) is 3. The van der Waals surface area contributed by atoms with E-state index in [4.69, 9.17) is 9.84 Å². The number of pyridine rings is 1. The monoisotopic (exact) mass is 357 g/mol. The molecule has 1 N–H and O–H groups in total. The van der Waals surface area contributed by atoms with Gasteiger partial charge in [0.05, 0.1) is 11.1 Å². The van der Waals surface area contributed by atoms with Crippen LogP contribution in [0.2, 0.25) is 0 Å². The van der Waals surface area contributed by atoms with Crippen LogP contribution in [0.1, 0.15) is 5.56 Å². The molecule has 0 atom stereocenters. The third-order valence-corrected chi connectivity index (χ3v) is 3.07. The lowest BCUT2D eigenvalue weighted by atomic mass is 10.2. The van der Waals surface area contributed by atoms with E-state index in [-0.39, 0.29) is 6.61 Å². The van der Waals surface area contributed by atoms with Gasteiger partial charge in [0.15, 0.2) is 0 Å². The molecule has 0 amide bonds. The lowest BCUT2D eigenvalue weighted by molar-refractivity contribution is 0.281. The normalized spacial score (nSPS) is 10.3. The van der Waals surface area contributed by atoms with Gasteiger partial charge in [0.2, 0.25) is 5.88 Å². The Kier molecular flexibility index (Phi) is 4.15. The van der Waals surface area contributed by atoms with Crippen molar-refractivity contribution in [2.75, 3.05) is 0 Å². The summed E-state index contributed by atoms with van der Waals surface area (Å²) in [6.07, 6.45) is 1.66. The molecule has 1 aromatic heterocycles. The number of aliphatic hydroxyl groups is 1. The fourth-order valence-electron chi connectivity index (χ4n) is 1.30. The Morgan fingerprint density at radius 1 is 1.24 bits per heavy atom. The molecule has 5 heteroatoms. The summed E-state index contributed by atoms with van der Waals surface area (Å²) in [5.41, 5.74) is 0.802. The first-order chi connectivity index (χ1) is 8.19. The van der Waals surface area contributed by atoms with Gasteiger partial charge in [0, 0.05) is 10.7 Å². The Labute approximate surface area is 116 Å². The average molecular weight is 359 g/mol. The minimum Gasteiger partial charge on any atom is -0.438 e. The first-order valence-corrected chi connectivity index (χ1v) is 6.46. The lowest BCUT2D eigenvalue weighted by Gasteiger charge is -2.07. The number of halogens is 2. The Morgan fingerprint density at radius 3 is 2.76 bits per heavy atom. The molecule has 0 fully saturated rings. The lowest BCUT2D eigenvalue weighted by Crippen LogP contribution is -1.90. The van der Waals surface area contributed by atoms with Gasteiger partial charge in [-0.2, -0.15) is 0 Å². The van der Waals surface area contributed by atoms with Crippen LogP contribution in [-0.2, 0) is 6.61 Å². The molecule has 1 heterocycles. The molecule has 0 radical (unpaired) electrons. The van der Waals surface area contributed by atoms with Gasteiger partial charge in [0.1, 0.15) is 5.75 Å². The number of rotatable bonds is 3. The van der Waals surface area contributed by atoms with Crippen molar-refractivity contribution in [3.8, 4) is 11.6 Å². The predicted molar refractivity (Wildman–Crippen MR) is 72.1 cm³/mol. The molecule has 3 nitrogen and oxygen atoms in total. The zero-order valence-corrected chi connectivity index (χ0v) is 11.9. The highest BCUT2D eigenvalue weighted by Crippen LogP contribution is 2.29. The maximum atomic E-state index is 9.03. The maximum absolute atomic E-state index is 9.03. The molecule has 0 aliphatic carbocycles. The largest absolute Gasteiger partial charge is 0.438 e. The number of ether oxygens (including phenoxy) is 1. The Bertz CT molecular complexity index is 532. The first-order valence-electron chi connectivity index (χ1n) is 4.88. The fraction of sp³-hybridized carbons (Fsp3) is 0.0833. The van der Waals surface area contributed by atoms with Crippen molar-refractivity contribution < 1.29 is 9.84 Å². The number of benzene rings is 1. The molecule has 1 aromatic carbocycles. The minimum atomic E-state index is -0.00780. The second kappa shape index (κ2) is 5.62. The van der Waals surface area contributed by atoms with Crippen molar-refractivity contribution in [1.82, 2.24) is 4.98 Å². The molecule has 2 rings (SSSR count). The maximum Gasteiger partial charge on any atom is 0.233 e. The van der Waals surface area contributed by atoms with Crippen molar-refractivity contribution in [1.29, 1.82) is 0 Å². The molecule has 0 aliphatic rings. The molecule has 0 aliphatic heterocycles. The molecule has 88 valence electrons. The van der Waals surface area contributed by atoms with Gasteiger partial charge < -0.3 is 9.84 Å². The highest BCUT2D eigenvalue weighted by atomic mass is 79.9. The number of nitrogens with zero attached hydrogens (tertiary/aromatic N) is 1. The summed E-state index contributed by atoms with van der Waals surface area (Å²) in [6, 6.07) is 9.11. The molecule has 0 saturated heterocycles. The topological polar surface area (TPSA) is 42.4 Å². The Morgan fingerprint density at radius 2 is 2.06 bits per heavy atom. The summed E-state index contributed by atoms with van der Waals surface area (Å²) in [7, 11) is 0. The third-order valence-electron chi connectivity index (χ3n) is 2.07. The molecular formula is C12H9Br2NO2. The van der Waals surface area contributed by atoms with Crippen LogP contribution < -0.4 is 4.74 Å². The smallest absolute Gasteiger partial charge is 0.233 e. The van der Waals surface area contributed by atoms with Crippen LogP contribution in [0.25, 0.3) is 0 Å². The van der Waals surface area contributed by atoms with Gasteiger partial charge in [-0.3, -0.25) is 0 Å². The molecule has 2 aromatic rings. The molecular weight excluding hydrogens is 350 g/mol. The summed E-state index contributed by atoms with van der Waals surface area (Å²) in [5, 5.41) is 9.03. The first kappa shape index (κ1) is 12.5. The minimum absolute atomic E-state index is 0.00780. The molecule has 0 bridgehead atoms. The van der Waals surface area contributed by atoms with Gasteiger partial charge in [-0.05, 0) is 55.6 Å². The van der Waals surface area contributed by atoms with Gasteiger partial charge in [-0.25, -0.2) is 4.98 Å². The van der Waals surface area contributed by atoms with Gasteiger partial charge in [0.25, 0.3) is 0 Å². The predicted octanol–water partition coefficient (Wildman–Crippen LogP) is 3.89. The van der Waals surface area contributed by atoms with E-state index in [1.165, 1.54) is 0 Å². The summed E-state index contributed by atoms with van der Waals surface area (Å²) in [5.74, 6) is 1.13. The SMILES string of the molecule is OCc1cccc(Oc2ncc(Br)cc2Br)c1. The average Bonchev–Trinajstić information content (AvgIpc) is 2.33. The van der Waals surface area contributed by atoms with Crippen molar-refractivity contribution in [3.05, 3.63) is 51.0 Å². The second-order valence-corrected chi connectivity index (χ2v) is 5.12. The van der Waals surface area contributed by atoms with Gasteiger partial charge in [-0.15, -0.1) is 0 Å². The van der Waals surface area contributed by atoms with E-state index in [0.29, 0.717) is 11.6 Å². The zero-order chi connectivity index (χ0) is 12.3. The Balaban J connectivity index is 2.25. The molecule has 0 spiro atoms. The highest BCUT2D eigenvalue weighted by Gasteiger charge is 2.05. The summed E-state index contributed by atoms with van der Waals surface area (Å²) < 4.78 is 7.26. The number of aliphatic hydroxyl groups excluding tert-OH is 1. The van der Waals surface area contributed by atoms with Crippen LogP contribution >= 0.6 is 31.9 Å². The summed E-state index contributed by atoms with van der Waals surface area (Å²) in [4.78, 5) is 4.15. The molecule has 17 heavy (non-hydrogen) atoms.